The highest BCUT2D eigenvalue weighted by Gasteiger charge is 2.17. The summed E-state index contributed by atoms with van der Waals surface area (Å²) in [4.78, 5) is 0. The molecule has 2 nitrogen and oxygen atoms in total. The fourth-order valence-electron chi connectivity index (χ4n) is 1.59. The Morgan fingerprint density at radius 2 is 1.72 bits per heavy atom. The van der Waals surface area contributed by atoms with Crippen molar-refractivity contribution in [3.63, 3.8) is 0 Å². The normalized spacial score (nSPS) is 11.6. The van der Waals surface area contributed by atoms with E-state index < -0.39 is 0 Å². The first-order valence-electron chi connectivity index (χ1n) is 6.52. The molecule has 0 fully saturated rings. The molecule has 18 heavy (non-hydrogen) atoms. The summed E-state index contributed by atoms with van der Waals surface area (Å²) in [6, 6.07) is 8.36. The Balaban J connectivity index is 2.41. The molecule has 0 unspecified atom stereocenters. The van der Waals surface area contributed by atoms with Gasteiger partial charge in [-0.25, -0.2) is 0 Å². The molecule has 0 aromatic heterocycles. The minimum absolute atomic E-state index is 0.230. The van der Waals surface area contributed by atoms with Crippen LogP contribution in [0.15, 0.2) is 24.3 Å². The van der Waals surface area contributed by atoms with Crippen molar-refractivity contribution >= 4 is 12.6 Å². The quantitative estimate of drug-likeness (QED) is 0.572. The SMILES string of the molecule is CCC(C)(C)c1ccc(OCCOCCS)cc1. The molecule has 0 bridgehead atoms. The van der Waals surface area contributed by atoms with Crippen LogP contribution >= 0.6 is 12.6 Å². The van der Waals surface area contributed by atoms with E-state index in [2.05, 4.69) is 45.5 Å². The van der Waals surface area contributed by atoms with E-state index in [0.717, 1.165) is 17.9 Å². The van der Waals surface area contributed by atoms with Crippen molar-refractivity contribution in [1.82, 2.24) is 0 Å². The maximum atomic E-state index is 5.60. The van der Waals surface area contributed by atoms with Crippen molar-refractivity contribution in [1.29, 1.82) is 0 Å². The van der Waals surface area contributed by atoms with Gasteiger partial charge in [-0.05, 0) is 29.5 Å². The van der Waals surface area contributed by atoms with Crippen LogP contribution in [0.2, 0.25) is 0 Å². The molecule has 0 saturated carbocycles. The van der Waals surface area contributed by atoms with Gasteiger partial charge in [-0.15, -0.1) is 0 Å². The fourth-order valence-corrected chi connectivity index (χ4v) is 1.72. The van der Waals surface area contributed by atoms with Crippen molar-refractivity contribution in [3.8, 4) is 5.75 Å². The van der Waals surface area contributed by atoms with E-state index in [4.69, 9.17) is 9.47 Å². The summed E-state index contributed by atoms with van der Waals surface area (Å²) < 4.78 is 10.9. The predicted molar refractivity (Wildman–Crippen MR) is 79.9 cm³/mol. The van der Waals surface area contributed by atoms with Crippen LogP contribution in [0.3, 0.4) is 0 Å². The lowest BCUT2D eigenvalue weighted by Gasteiger charge is -2.23. The van der Waals surface area contributed by atoms with Crippen LogP contribution in [0.25, 0.3) is 0 Å². The molecule has 102 valence electrons. The Morgan fingerprint density at radius 3 is 2.28 bits per heavy atom. The summed E-state index contributed by atoms with van der Waals surface area (Å²) >= 11 is 4.07. The Bertz CT molecular complexity index is 333. The number of benzene rings is 1. The summed E-state index contributed by atoms with van der Waals surface area (Å²) in [5, 5.41) is 0. The average Bonchev–Trinajstić information content (AvgIpc) is 2.39. The summed E-state index contributed by atoms with van der Waals surface area (Å²) in [7, 11) is 0. The predicted octanol–water partition coefficient (Wildman–Crippen LogP) is 3.70. The van der Waals surface area contributed by atoms with Gasteiger partial charge in [0.15, 0.2) is 0 Å². The van der Waals surface area contributed by atoms with Gasteiger partial charge < -0.3 is 9.47 Å². The van der Waals surface area contributed by atoms with Crippen molar-refractivity contribution < 1.29 is 9.47 Å². The first-order chi connectivity index (χ1) is 8.60. The fraction of sp³-hybridized carbons (Fsp3) is 0.600. The number of ether oxygens (including phenoxy) is 2. The molecule has 0 heterocycles. The summed E-state index contributed by atoms with van der Waals surface area (Å²) in [6.45, 7) is 8.61. The molecule has 1 aromatic carbocycles. The third-order valence-corrected chi connectivity index (χ3v) is 3.43. The highest BCUT2D eigenvalue weighted by Crippen LogP contribution is 2.27. The number of rotatable bonds is 8. The number of thiol groups is 1. The van der Waals surface area contributed by atoms with Crippen LogP contribution in [-0.4, -0.2) is 25.6 Å². The molecule has 0 saturated heterocycles. The van der Waals surface area contributed by atoms with Gasteiger partial charge in [0.2, 0.25) is 0 Å². The van der Waals surface area contributed by atoms with E-state index in [-0.39, 0.29) is 5.41 Å². The smallest absolute Gasteiger partial charge is 0.119 e. The third kappa shape index (κ3) is 4.91. The highest BCUT2D eigenvalue weighted by atomic mass is 32.1. The maximum absolute atomic E-state index is 5.60. The highest BCUT2D eigenvalue weighted by molar-refractivity contribution is 7.80. The lowest BCUT2D eigenvalue weighted by molar-refractivity contribution is 0.112. The van der Waals surface area contributed by atoms with Crippen molar-refractivity contribution in [2.45, 2.75) is 32.6 Å². The molecule has 0 atom stereocenters. The second-order valence-corrected chi connectivity index (χ2v) is 5.39. The molecular formula is C15H24O2S. The standard InChI is InChI=1S/C15H24O2S/c1-4-15(2,3)13-5-7-14(8-6-13)17-10-9-16-11-12-18/h5-8,18H,4,9-12H2,1-3H3. The van der Waals surface area contributed by atoms with Crippen LogP contribution in [-0.2, 0) is 10.2 Å². The summed E-state index contributed by atoms with van der Waals surface area (Å²) in [6.07, 6.45) is 1.13. The van der Waals surface area contributed by atoms with E-state index in [9.17, 15) is 0 Å². The first kappa shape index (κ1) is 15.4. The molecule has 0 aliphatic heterocycles. The van der Waals surface area contributed by atoms with E-state index in [1.165, 1.54) is 5.56 Å². The monoisotopic (exact) mass is 268 g/mol. The van der Waals surface area contributed by atoms with Crippen LogP contribution in [0, 0.1) is 0 Å². The number of hydrogen-bond acceptors (Lipinski definition) is 3. The van der Waals surface area contributed by atoms with E-state index in [1.807, 2.05) is 12.1 Å². The van der Waals surface area contributed by atoms with E-state index >= 15 is 0 Å². The van der Waals surface area contributed by atoms with Gasteiger partial charge in [-0.2, -0.15) is 12.6 Å². The lowest BCUT2D eigenvalue weighted by atomic mass is 9.82. The van der Waals surface area contributed by atoms with Gasteiger partial charge in [0.05, 0.1) is 13.2 Å². The van der Waals surface area contributed by atoms with Gasteiger partial charge >= 0.3 is 0 Å². The topological polar surface area (TPSA) is 18.5 Å². The van der Waals surface area contributed by atoms with Crippen LogP contribution in [0.1, 0.15) is 32.8 Å². The molecular weight excluding hydrogens is 244 g/mol. The lowest BCUT2D eigenvalue weighted by Crippen LogP contribution is -2.15. The molecule has 0 aliphatic rings. The van der Waals surface area contributed by atoms with Gasteiger partial charge in [-0.1, -0.05) is 32.9 Å². The Kier molecular flexibility index (Phi) is 6.58. The van der Waals surface area contributed by atoms with Crippen LogP contribution < -0.4 is 4.74 Å². The van der Waals surface area contributed by atoms with Crippen molar-refractivity contribution in [2.24, 2.45) is 0 Å². The van der Waals surface area contributed by atoms with Crippen LogP contribution in [0.4, 0.5) is 0 Å². The van der Waals surface area contributed by atoms with E-state index in [1.54, 1.807) is 0 Å². The van der Waals surface area contributed by atoms with Crippen molar-refractivity contribution in [2.75, 3.05) is 25.6 Å². The zero-order valence-electron chi connectivity index (χ0n) is 11.6. The van der Waals surface area contributed by atoms with Gasteiger partial charge in [0.1, 0.15) is 12.4 Å². The third-order valence-electron chi connectivity index (χ3n) is 3.25. The van der Waals surface area contributed by atoms with Crippen molar-refractivity contribution in [3.05, 3.63) is 29.8 Å². The summed E-state index contributed by atoms with van der Waals surface area (Å²) in [5.74, 6) is 1.65. The molecule has 0 radical (unpaired) electrons. The molecule has 0 N–H and O–H groups in total. The first-order valence-corrected chi connectivity index (χ1v) is 7.15. The minimum Gasteiger partial charge on any atom is -0.491 e. The van der Waals surface area contributed by atoms with E-state index in [0.29, 0.717) is 19.8 Å². The molecule has 1 aromatic rings. The maximum Gasteiger partial charge on any atom is 0.119 e. The molecule has 0 spiro atoms. The molecule has 0 amide bonds. The summed E-state index contributed by atoms with van der Waals surface area (Å²) in [5.41, 5.74) is 1.58. The Hall–Kier alpha value is -0.670. The second kappa shape index (κ2) is 7.70. The molecule has 1 rings (SSSR count). The minimum atomic E-state index is 0.230. The molecule has 3 heteroatoms. The average molecular weight is 268 g/mol. The van der Waals surface area contributed by atoms with Gasteiger partial charge in [-0.3, -0.25) is 0 Å². The second-order valence-electron chi connectivity index (χ2n) is 4.95. The largest absolute Gasteiger partial charge is 0.491 e. The zero-order chi connectivity index (χ0) is 13.4. The van der Waals surface area contributed by atoms with Crippen LogP contribution in [0.5, 0.6) is 5.75 Å². The Morgan fingerprint density at radius 1 is 1.06 bits per heavy atom. The molecule has 0 aliphatic carbocycles. The Labute approximate surface area is 116 Å². The van der Waals surface area contributed by atoms with Gasteiger partial charge in [0.25, 0.3) is 0 Å². The number of hydrogen-bond donors (Lipinski definition) is 1. The van der Waals surface area contributed by atoms with Gasteiger partial charge in [0, 0.05) is 5.75 Å². The zero-order valence-corrected chi connectivity index (χ0v) is 12.5.